The lowest BCUT2D eigenvalue weighted by atomic mass is 9.71. The van der Waals surface area contributed by atoms with Crippen LogP contribution in [0, 0.1) is 5.41 Å². The first-order chi connectivity index (χ1) is 9.65. The van der Waals surface area contributed by atoms with Gasteiger partial charge in [-0.2, -0.15) is 0 Å². The van der Waals surface area contributed by atoms with Gasteiger partial charge in [0.05, 0.1) is 0 Å². The molecule has 3 heteroatoms. The van der Waals surface area contributed by atoms with Crippen molar-refractivity contribution < 1.29 is 4.79 Å². The Labute approximate surface area is 122 Å². The Bertz CT molecular complexity index is 424. The highest BCUT2D eigenvalue weighted by molar-refractivity contribution is 5.76. The van der Waals surface area contributed by atoms with E-state index in [4.69, 9.17) is 5.73 Å². The summed E-state index contributed by atoms with van der Waals surface area (Å²) in [7, 11) is 1.89. The fraction of sp³-hybridized carbons (Fsp3) is 0.588. The van der Waals surface area contributed by atoms with E-state index in [-0.39, 0.29) is 11.3 Å². The van der Waals surface area contributed by atoms with Crippen molar-refractivity contribution in [3.8, 4) is 0 Å². The molecular weight excluding hydrogens is 248 g/mol. The second kappa shape index (κ2) is 6.89. The summed E-state index contributed by atoms with van der Waals surface area (Å²) in [6, 6.07) is 10.1. The Balaban J connectivity index is 1.93. The molecule has 0 saturated heterocycles. The van der Waals surface area contributed by atoms with Gasteiger partial charge in [-0.25, -0.2) is 0 Å². The second-order valence-electron chi connectivity index (χ2n) is 6.18. The third-order valence-electron chi connectivity index (χ3n) is 4.56. The number of carbonyl (C=O) groups excluding carboxylic acids is 1. The van der Waals surface area contributed by atoms with Crippen LogP contribution in [0.3, 0.4) is 0 Å². The highest BCUT2D eigenvalue weighted by atomic mass is 16.2. The first kappa shape index (κ1) is 15.0. The zero-order chi connectivity index (χ0) is 14.4. The van der Waals surface area contributed by atoms with E-state index in [0.29, 0.717) is 19.5 Å². The molecule has 1 aliphatic carbocycles. The molecule has 20 heavy (non-hydrogen) atoms. The summed E-state index contributed by atoms with van der Waals surface area (Å²) in [4.78, 5) is 14.3. The number of nitrogens with zero attached hydrogens (tertiary/aromatic N) is 1. The molecule has 0 radical (unpaired) electrons. The average molecular weight is 274 g/mol. The number of nitrogens with two attached hydrogens (primary N) is 1. The van der Waals surface area contributed by atoms with Crippen LogP contribution in [-0.2, 0) is 11.3 Å². The molecule has 0 bridgehead atoms. The van der Waals surface area contributed by atoms with Crippen LogP contribution >= 0.6 is 0 Å². The molecule has 1 fully saturated rings. The first-order valence-corrected chi connectivity index (χ1v) is 7.63. The van der Waals surface area contributed by atoms with Crippen molar-refractivity contribution >= 4 is 5.91 Å². The molecule has 1 aromatic carbocycles. The predicted octanol–water partition coefficient (Wildman–Crippen LogP) is 2.94. The van der Waals surface area contributed by atoms with E-state index in [1.165, 1.54) is 24.8 Å². The molecule has 0 aromatic heterocycles. The average Bonchev–Trinajstić information content (AvgIpc) is 2.49. The maximum Gasteiger partial charge on any atom is 0.223 e. The van der Waals surface area contributed by atoms with Crippen LogP contribution in [0.5, 0.6) is 0 Å². The van der Waals surface area contributed by atoms with Crippen LogP contribution in [0.15, 0.2) is 30.3 Å². The molecule has 3 nitrogen and oxygen atoms in total. The van der Waals surface area contributed by atoms with Gasteiger partial charge in [-0.05, 0) is 30.4 Å². The summed E-state index contributed by atoms with van der Waals surface area (Å²) in [5, 5.41) is 0. The lowest BCUT2D eigenvalue weighted by Crippen LogP contribution is -2.39. The number of rotatable bonds is 5. The quantitative estimate of drug-likeness (QED) is 0.897. The van der Waals surface area contributed by atoms with Crippen molar-refractivity contribution in [2.75, 3.05) is 13.6 Å². The zero-order valence-corrected chi connectivity index (χ0v) is 12.5. The molecule has 2 N–H and O–H groups in total. The maximum absolute atomic E-state index is 12.5. The van der Waals surface area contributed by atoms with Gasteiger partial charge in [0.25, 0.3) is 0 Å². The van der Waals surface area contributed by atoms with E-state index < -0.39 is 0 Å². The summed E-state index contributed by atoms with van der Waals surface area (Å²) < 4.78 is 0. The summed E-state index contributed by atoms with van der Waals surface area (Å²) >= 11 is 0. The highest BCUT2D eigenvalue weighted by Gasteiger charge is 2.33. The van der Waals surface area contributed by atoms with Crippen LogP contribution in [0.1, 0.15) is 44.1 Å². The van der Waals surface area contributed by atoms with Gasteiger partial charge in [0.15, 0.2) is 0 Å². The SMILES string of the molecule is CN(Cc1ccccc1)C(=O)CC1(CN)CCCCC1. The molecule has 0 atom stereocenters. The minimum Gasteiger partial charge on any atom is -0.341 e. The molecular formula is C17H26N2O. The fourth-order valence-electron chi connectivity index (χ4n) is 3.16. The Kier molecular flexibility index (Phi) is 5.18. The zero-order valence-electron chi connectivity index (χ0n) is 12.5. The number of hydrogen-bond donors (Lipinski definition) is 1. The Morgan fingerprint density at radius 2 is 1.85 bits per heavy atom. The molecule has 0 unspecified atom stereocenters. The Morgan fingerprint density at radius 1 is 1.20 bits per heavy atom. The largest absolute Gasteiger partial charge is 0.341 e. The van der Waals surface area contributed by atoms with Crippen molar-refractivity contribution in [2.24, 2.45) is 11.1 Å². The van der Waals surface area contributed by atoms with E-state index in [1.807, 2.05) is 30.1 Å². The lowest BCUT2D eigenvalue weighted by molar-refractivity contribution is -0.133. The number of carbonyl (C=O) groups is 1. The van der Waals surface area contributed by atoms with Crippen molar-refractivity contribution in [3.05, 3.63) is 35.9 Å². The van der Waals surface area contributed by atoms with E-state index in [0.717, 1.165) is 12.8 Å². The summed E-state index contributed by atoms with van der Waals surface area (Å²) in [6.45, 7) is 1.32. The van der Waals surface area contributed by atoms with E-state index >= 15 is 0 Å². The topological polar surface area (TPSA) is 46.3 Å². The molecule has 0 spiro atoms. The summed E-state index contributed by atoms with van der Waals surface area (Å²) in [6.07, 6.45) is 6.53. The number of benzene rings is 1. The van der Waals surface area contributed by atoms with E-state index in [1.54, 1.807) is 0 Å². The summed E-state index contributed by atoms with van der Waals surface area (Å²) in [5.74, 6) is 0.223. The van der Waals surface area contributed by atoms with Gasteiger partial charge >= 0.3 is 0 Å². The predicted molar refractivity (Wildman–Crippen MR) is 82.1 cm³/mol. The minimum absolute atomic E-state index is 0.0558. The fourth-order valence-corrected chi connectivity index (χ4v) is 3.16. The number of amides is 1. The van der Waals surface area contributed by atoms with Crippen molar-refractivity contribution in [1.29, 1.82) is 0 Å². The van der Waals surface area contributed by atoms with Crippen LogP contribution in [0.4, 0.5) is 0 Å². The minimum atomic E-state index is 0.0558. The molecule has 0 heterocycles. The molecule has 110 valence electrons. The standard InChI is InChI=1S/C17H26N2O/c1-19(13-15-8-4-2-5-9-15)16(20)12-17(14-18)10-6-3-7-11-17/h2,4-5,8-9H,3,6-7,10-14,18H2,1H3. The maximum atomic E-state index is 12.5. The molecule has 0 aliphatic heterocycles. The van der Waals surface area contributed by atoms with Crippen LogP contribution in [-0.4, -0.2) is 24.4 Å². The van der Waals surface area contributed by atoms with Gasteiger partial charge in [-0.15, -0.1) is 0 Å². The monoisotopic (exact) mass is 274 g/mol. The van der Waals surface area contributed by atoms with Gasteiger partial charge in [-0.3, -0.25) is 4.79 Å². The normalized spacial score (nSPS) is 17.7. The van der Waals surface area contributed by atoms with Crippen LogP contribution in [0.2, 0.25) is 0 Å². The lowest BCUT2D eigenvalue weighted by Gasteiger charge is -2.36. The summed E-state index contributed by atoms with van der Waals surface area (Å²) in [5.41, 5.74) is 7.20. The van der Waals surface area contributed by atoms with E-state index in [9.17, 15) is 4.79 Å². The third kappa shape index (κ3) is 3.83. The Hall–Kier alpha value is -1.35. The second-order valence-corrected chi connectivity index (χ2v) is 6.18. The number of hydrogen-bond acceptors (Lipinski definition) is 2. The van der Waals surface area contributed by atoms with Crippen molar-refractivity contribution in [3.63, 3.8) is 0 Å². The van der Waals surface area contributed by atoms with Crippen LogP contribution < -0.4 is 5.73 Å². The first-order valence-electron chi connectivity index (χ1n) is 7.63. The van der Waals surface area contributed by atoms with Crippen molar-refractivity contribution in [2.45, 2.75) is 45.1 Å². The molecule has 1 amide bonds. The highest BCUT2D eigenvalue weighted by Crippen LogP contribution is 2.38. The van der Waals surface area contributed by atoms with E-state index in [2.05, 4.69) is 12.1 Å². The van der Waals surface area contributed by atoms with Gasteiger partial charge in [0.2, 0.25) is 5.91 Å². The molecule has 1 saturated carbocycles. The molecule has 1 aliphatic rings. The van der Waals surface area contributed by atoms with Crippen LogP contribution in [0.25, 0.3) is 0 Å². The third-order valence-corrected chi connectivity index (χ3v) is 4.56. The molecule has 2 rings (SSSR count). The van der Waals surface area contributed by atoms with Crippen molar-refractivity contribution in [1.82, 2.24) is 4.90 Å². The molecule has 1 aromatic rings. The Morgan fingerprint density at radius 3 is 2.45 bits per heavy atom. The van der Waals surface area contributed by atoms with Gasteiger partial charge in [-0.1, -0.05) is 49.6 Å². The van der Waals surface area contributed by atoms with Gasteiger partial charge in [0, 0.05) is 20.0 Å². The van der Waals surface area contributed by atoms with Gasteiger partial charge in [0.1, 0.15) is 0 Å². The van der Waals surface area contributed by atoms with Gasteiger partial charge < -0.3 is 10.6 Å². The smallest absolute Gasteiger partial charge is 0.223 e.